The quantitative estimate of drug-likeness (QED) is 0.883. The number of amides is 1. The number of para-hydroxylation sites is 1. The first-order valence-electron chi connectivity index (χ1n) is 8.17. The van der Waals surface area contributed by atoms with E-state index in [-0.39, 0.29) is 11.9 Å². The molecule has 0 aromatic heterocycles. The van der Waals surface area contributed by atoms with Crippen LogP contribution in [0.3, 0.4) is 0 Å². The minimum atomic E-state index is -0.656. The van der Waals surface area contributed by atoms with Gasteiger partial charge in [0.1, 0.15) is 5.54 Å². The van der Waals surface area contributed by atoms with Crippen molar-refractivity contribution in [1.82, 2.24) is 5.48 Å². The van der Waals surface area contributed by atoms with Crippen LogP contribution in [-0.4, -0.2) is 19.1 Å². The van der Waals surface area contributed by atoms with Crippen LogP contribution in [0.4, 0.5) is 5.69 Å². The average Bonchev–Trinajstić information content (AvgIpc) is 2.90. The number of nitrogens with one attached hydrogen (secondary N) is 1. The third kappa shape index (κ3) is 1.84. The molecule has 1 amide bonds. The second-order valence-electron chi connectivity index (χ2n) is 6.27. The first-order chi connectivity index (χ1) is 11.7. The van der Waals surface area contributed by atoms with E-state index in [1.54, 1.807) is 7.11 Å². The highest BCUT2D eigenvalue weighted by atomic mass is 16.6. The van der Waals surface area contributed by atoms with E-state index in [2.05, 4.69) is 24.2 Å². The topological polar surface area (TPSA) is 41.6 Å². The van der Waals surface area contributed by atoms with Gasteiger partial charge in [0.15, 0.2) is 0 Å². The average molecular weight is 320 g/mol. The maximum absolute atomic E-state index is 12.9. The molecule has 0 bridgehead atoms. The summed E-state index contributed by atoms with van der Waals surface area (Å²) in [5.74, 6) is 0.124. The van der Waals surface area contributed by atoms with Gasteiger partial charge in [-0.15, -0.1) is 0 Å². The number of fused-ring (bicyclic) bond motifs is 3. The molecular weight excluding hydrogens is 300 g/mol. The number of hydrogen-bond acceptors (Lipinski definition) is 3. The molecule has 1 N–H and O–H groups in total. The van der Waals surface area contributed by atoms with Gasteiger partial charge in [-0.2, -0.15) is 5.48 Å². The van der Waals surface area contributed by atoms with Crippen molar-refractivity contribution < 1.29 is 9.63 Å². The van der Waals surface area contributed by atoms with Crippen LogP contribution in [0.25, 0.3) is 5.57 Å². The first-order valence-corrected chi connectivity index (χ1v) is 8.17. The van der Waals surface area contributed by atoms with Crippen molar-refractivity contribution in [3.63, 3.8) is 0 Å². The van der Waals surface area contributed by atoms with Crippen LogP contribution in [0, 0.1) is 0 Å². The second-order valence-corrected chi connectivity index (χ2v) is 6.27. The van der Waals surface area contributed by atoms with E-state index in [4.69, 9.17) is 4.84 Å². The van der Waals surface area contributed by atoms with Crippen LogP contribution in [0.5, 0.6) is 0 Å². The lowest BCUT2D eigenvalue weighted by atomic mass is 9.73. The molecule has 4 nitrogen and oxygen atoms in total. The largest absolute Gasteiger partial charge is 0.305 e. The van der Waals surface area contributed by atoms with E-state index in [0.29, 0.717) is 12.8 Å². The Bertz CT molecular complexity index is 802. The molecule has 1 fully saturated rings. The van der Waals surface area contributed by atoms with Crippen LogP contribution in [0.2, 0.25) is 0 Å². The van der Waals surface area contributed by atoms with Crippen molar-refractivity contribution in [1.29, 1.82) is 0 Å². The molecule has 2 aromatic carbocycles. The van der Waals surface area contributed by atoms with Crippen LogP contribution < -0.4 is 10.4 Å². The fraction of sp³-hybridized carbons (Fsp3) is 0.250. The minimum absolute atomic E-state index is 0.0671. The number of hydroxylamine groups is 1. The summed E-state index contributed by atoms with van der Waals surface area (Å²) < 4.78 is 0. The summed E-state index contributed by atoms with van der Waals surface area (Å²) in [5.41, 5.74) is 6.41. The Morgan fingerprint density at radius 2 is 1.88 bits per heavy atom. The van der Waals surface area contributed by atoms with Gasteiger partial charge in [-0.05, 0) is 23.6 Å². The Kier molecular flexibility index (Phi) is 3.52. The lowest BCUT2D eigenvalue weighted by molar-refractivity contribution is -0.122. The van der Waals surface area contributed by atoms with Crippen molar-refractivity contribution in [3.8, 4) is 0 Å². The Morgan fingerprint density at radius 3 is 2.62 bits per heavy atom. The maximum Gasteiger partial charge on any atom is 0.228 e. The molecule has 0 radical (unpaired) electrons. The van der Waals surface area contributed by atoms with Crippen LogP contribution in [0.1, 0.15) is 24.0 Å². The van der Waals surface area contributed by atoms with Gasteiger partial charge in [0.2, 0.25) is 5.91 Å². The van der Waals surface area contributed by atoms with Crippen molar-refractivity contribution in [2.75, 3.05) is 12.0 Å². The number of nitrogens with zero attached hydrogens (tertiary/aromatic N) is 1. The fourth-order valence-corrected chi connectivity index (χ4v) is 4.22. The summed E-state index contributed by atoms with van der Waals surface area (Å²) in [6, 6.07) is 18.0. The van der Waals surface area contributed by atoms with Crippen molar-refractivity contribution >= 4 is 17.2 Å². The standard InChI is InChI=1S/C20H20N2O2/c1-14-16-10-6-7-11-17(16)22-19(23)13-12-18(21-24-2)20(14,22)15-8-4-3-5-9-15/h3-11,18,21H,1,12-13H2,2H3/t18-,20+/m0/s1. The van der Waals surface area contributed by atoms with Crippen molar-refractivity contribution in [3.05, 3.63) is 72.3 Å². The third-order valence-electron chi connectivity index (χ3n) is 5.16. The van der Waals surface area contributed by atoms with E-state index in [9.17, 15) is 4.79 Å². The highest BCUT2D eigenvalue weighted by Crippen LogP contribution is 2.56. The normalized spacial score (nSPS) is 25.5. The third-order valence-corrected chi connectivity index (χ3v) is 5.16. The van der Waals surface area contributed by atoms with Gasteiger partial charge in [-0.3, -0.25) is 9.69 Å². The van der Waals surface area contributed by atoms with Crippen molar-refractivity contribution in [2.24, 2.45) is 0 Å². The van der Waals surface area contributed by atoms with Crippen LogP contribution in [0.15, 0.2) is 61.2 Å². The molecule has 2 aliphatic rings. The Labute approximate surface area is 141 Å². The van der Waals surface area contributed by atoms with E-state index in [0.717, 1.165) is 22.4 Å². The zero-order valence-corrected chi connectivity index (χ0v) is 13.7. The smallest absolute Gasteiger partial charge is 0.228 e. The van der Waals surface area contributed by atoms with Crippen molar-refractivity contribution in [2.45, 2.75) is 24.4 Å². The Morgan fingerprint density at radius 1 is 1.17 bits per heavy atom. The Hall–Kier alpha value is -2.43. The lowest BCUT2D eigenvalue weighted by Gasteiger charge is -2.48. The number of benzene rings is 2. The summed E-state index contributed by atoms with van der Waals surface area (Å²) in [5, 5.41) is 0. The zero-order chi connectivity index (χ0) is 16.7. The SMILES string of the molecule is C=C1c2ccccc2N2C(=O)CC[C@H](NOC)[C@]12c1ccccc1. The van der Waals surface area contributed by atoms with Gasteiger partial charge in [0.25, 0.3) is 0 Å². The highest BCUT2D eigenvalue weighted by molar-refractivity contribution is 6.08. The lowest BCUT2D eigenvalue weighted by Crippen LogP contribution is -2.62. The maximum atomic E-state index is 12.9. The van der Waals surface area contributed by atoms with E-state index in [1.807, 2.05) is 47.4 Å². The monoisotopic (exact) mass is 320 g/mol. The summed E-state index contributed by atoms with van der Waals surface area (Å²) in [6.07, 6.45) is 1.18. The number of anilines is 1. The molecule has 4 rings (SSSR count). The van der Waals surface area contributed by atoms with Gasteiger partial charge in [-0.25, -0.2) is 0 Å². The van der Waals surface area contributed by atoms with Gasteiger partial charge < -0.3 is 4.84 Å². The number of piperidine rings is 1. The molecule has 4 heteroatoms. The first kappa shape index (κ1) is 15.1. The molecule has 0 spiro atoms. The van der Waals surface area contributed by atoms with Gasteiger partial charge in [0, 0.05) is 12.0 Å². The molecule has 0 saturated carbocycles. The molecule has 2 aromatic rings. The summed E-state index contributed by atoms with van der Waals surface area (Å²) in [7, 11) is 1.62. The predicted molar refractivity (Wildman–Crippen MR) is 94.2 cm³/mol. The minimum Gasteiger partial charge on any atom is -0.305 e. The predicted octanol–water partition coefficient (Wildman–Crippen LogP) is 3.26. The molecule has 2 aliphatic heterocycles. The van der Waals surface area contributed by atoms with Gasteiger partial charge in [0.05, 0.1) is 18.8 Å². The number of hydrogen-bond donors (Lipinski definition) is 1. The van der Waals surface area contributed by atoms with Gasteiger partial charge >= 0.3 is 0 Å². The van der Waals surface area contributed by atoms with Crippen LogP contribution >= 0.6 is 0 Å². The van der Waals surface area contributed by atoms with E-state index in [1.165, 1.54) is 0 Å². The number of carbonyl (C=O) groups is 1. The zero-order valence-electron chi connectivity index (χ0n) is 13.7. The summed E-state index contributed by atoms with van der Waals surface area (Å²) >= 11 is 0. The molecule has 122 valence electrons. The molecular formula is C20H20N2O2. The highest BCUT2D eigenvalue weighted by Gasteiger charge is 2.57. The molecule has 2 heterocycles. The second kappa shape index (κ2) is 5.58. The molecule has 2 atom stereocenters. The number of carbonyl (C=O) groups excluding carboxylic acids is 1. The van der Waals surface area contributed by atoms with E-state index >= 15 is 0 Å². The molecule has 0 aliphatic carbocycles. The summed E-state index contributed by atoms with van der Waals surface area (Å²) in [4.78, 5) is 20.1. The van der Waals surface area contributed by atoms with Gasteiger partial charge in [-0.1, -0.05) is 55.1 Å². The molecule has 1 saturated heterocycles. The molecule has 0 unspecified atom stereocenters. The molecule has 24 heavy (non-hydrogen) atoms. The number of rotatable bonds is 3. The Balaban J connectivity index is 2.01. The van der Waals surface area contributed by atoms with Crippen LogP contribution in [-0.2, 0) is 15.2 Å². The summed E-state index contributed by atoms with van der Waals surface area (Å²) in [6.45, 7) is 4.41. The fourth-order valence-electron chi connectivity index (χ4n) is 4.22. The van der Waals surface area contributed by atoms with E-state index < -0.39 is 5.54 Å².